The number of hydrogen-bond donors (Lipinski definition) is 2. The summed E-state index contributed by atoms with van der Waals surface area (Å²) in [6.07, 6.45) is 0. The lowest BCUT2D eigenvalue weighted by Gasteiger charge is -2.32. The van der Waals surface area contributed by atoms with Crippen LogP contribution in [0.4, 0.5) is 11.4 Å². The van der Waals surface area contributed by atoms with Gasteiger partial charge in [0.15, 0.2) is 6.61 Å². The van der Waals surface area contributed by atoms with Crippen molar-refractivity contribution in [3.05, 3.63) is 64.3 Å². The molecule has 1 saturated heterocycles. The van der Waals surface area contributed by atoms with Crippen LogP contribution in [0.3, 0.4) is 0 Å². The van der Waals surface area contributed by atoms with E-state index < -0.39 is 0 Å². The van der Waals surface area contributed by atoms with E-state index in [1.807, 2.05) is 31.3 Å². The molecule has 0 saturated carbocycles. The maximum atomic E-state index is 12.8. The van der Waals surface area contributed by atoms with E-state index in [0.717, 1.165) is 24.3 Å². The number of allylic oxidation sites excluding steroid dienone is 1. The van der Waals surface area contributed by atoms with Crippen LogP contribution in [0.5, 0.6) is 0 Å². The Hall–Kier alpha value is -3.36. The SMILES string of the molecule is CN1CCN(C(=O)CO/N=C2/C(=C3/C(=O)Nc4ccc(Cl)cc43)Nc3ccccc32)CC1. The highest BCUT2D eigenvalue weighted by molar-refractivity contribution is 6.40. The molecule has 0 bridgehead atoms. The quantitative estimate of drug-likeness (QED) is 0.553. The molecule has 0 radical (unpaired) electrons. The summed E-state index contributed by atoms with van der Waals surface area (Å²) in [7, 11) is 2.04. The predicted octanol–water partition coefficient (Wildman–Crippen LogP) is 2.62. The van der Waals surface area contributed by atoms with Gasteiger partial charge in [-0.25, -0.2) is 0 Å². The van der Waals surface area contributed by atoms with Gasteiger partial charge in [-0.1, -0.05) is 35.0 Å². The molecule has 2 aromatic carbocycles. The van der Waals surface area contributed by atoms with Gasteiger partial charge in [0.1, 0.15) is 5.71 Å². The zero-order valence-corrected chi connectivity index (χ0v) is 18.3. The number of oxime groups is 1. The number of amides is 2. The summed E-state index contributed by atoms with van der Waals surface area (Å²) in [5, 5.41) is 11.0. The molecule has 2 amide bonds. The second-order valence-electron chi connectivity index (χ2n) is 7.96. The minimum absolute atomic E-state index is 0.105. The molecule has 164 valence electrons. The molecule has 0 aliphatic carbocycles. The van der Waals surface area contributed by atoms with Crippen molar-refractivity contribution < 1.29 is 14.4 Å². The van der Waals surface area contributed by atoms with Crippen molar-refractivity contribution in [3.8, 4) is 0 Å². The van der Waals surface area contributed by atoms with Crippen molar-refractivity contribution in [1.82, 2.24) is 9.80 Å². The summed E-state index contributed by atoms with van der Waals surface area (Å²) >= 11 is 6.19. The van der Waals surface area contributed by atoms with Crippen LogP contribution in [0, 0.1) is 0 Å². The van der Waals surface area contributed by atoms with Gasteiger partial charge >= 0.3 is 0 Å². The fourth-order valence-electron chi connectivity index (χ4n) is 4.09. The molecule has 8 nitrogen and oxygen atoms in total. The van der Waals surface area contributed by atoms with Crippen LogP contribution in [0.1, 0.15) is 11.1 Å². The number of rotatable bonds is 3. The van der Waals surface area contributed by atoms with Crippen molar-refractivity contribution in [1.29, 1.82) is 0 Å². The summed E-state index contributed by atoms with van der Waals surface area (Å²) in [4.78, 5) is 34.8. The largest absolute Gasteiger partial charge is 0.385 e. The molecule has 3 aliphatic heterocycles. The summed E-state index contributed by atoms with van der Waals surface area (Å²) in [6.45, 7) is 2.86. The van der Waals surface area contributed by atoms with Gasteiger partial charge in [-0.15, -0.1) is 0 Å². The number of fused-ring (bicyclic) bond motifs is 2. The molecule has 1 fully saturated rings. The van der Waals surface area contributed by atoms with Crippen molar-refractivity contribution >= 4 is 46.1 Å². The van der Waals surface area contributed by atoms with E-state index in [9.17, 15) is 9.59 Å². The van der Waals surface area contributed by atoms with Gasteiger partial charge in [-0.05, 0) is 31.3 Å². The topological polar surface area (TPSA) is 86.3 Å². The Bertz CT molecular complexity index is 1170. The van der Waals surface area contributed by atoms with Crippen LogP contribution in [-0.2, 0) is 14.4 Å². The smallest absolute Gasteiger partial charge is 0.263 e. The minimum atomic E-state index is -0.251. The molecule has 0 aromatic heterocycles. The fourth-order valence-corrected chi connectivity index (χ4v) is 4.26. The minimum Gasteiger partial charge on any atom is -0.385 e. The first kappa shape index (κ1) is 20.5. The zero-order chi connectivity index (χ0) is 22.2. The van der Waals surface area contributed by atoms with Crippen LogP contribution in [-0.4, -0.2) is 67.2 Å². The number of likely N-dealkylation sites (N-methyl/N-ethyl adjacent to an activating group) is 1. The highest BCUT2D eigenvalue weighted by atomic mass is 35.5. The van der Waals surface area contributed by atoms with Gasteiger partial charge in [0, 0.05) is 53.7 Å². The Morgan fingerprint density at radius 3 is 2.62 bits per heavy atom. The number of para-hydroxylation sites is 1. The number of carbonyl (C=O) groups is 2. The number of benzene rings is 2. The Morgan fingerprint density at radius 2 is 1.81 bits per heavy atom. The number of piperazine rings is 1. The Labute approximate surface area is 190 Å². The molecule has 3 aliphatic rings. The molecular formula is C23H22ClN5O3. The van der Waals surface area contributed by atoms with Gasteiger partial charge in [-0.2, -0.15) is 0 Å². The molecule has 32 heavy (non-hydrogen) atoms. The average molecular weight is 452 g/mol. The summed E-state index contributed by atoms with van der Waals surface area (Å²) in [5.74, 6) is -0.356. The lowest BCUT2D eigenvalue weighted by atomic mass is 10.0. The van der Waals surface area contributed by atoms with Gasteiger partial charge in [-0.3, -0.25) is 9.59 Å². The van der Waals surface area contributed by atoms with E-state index in [1.165, 1.54) is 0 Å². The van der Waals surface area contributed by atoms with Gasteiger partial charge < -0.3 is 25.3 Å². The summed E-state index contributed by atoms with van der Waals surface area (Å²) in [5.41, 5.74) is 4.42. The lowest BCUT2D eigenvalue weighted by Crippen LogP contribution is -2.48. The normalized spacial score (nSPS) is 21.2. The summed E-state index contributed by atoms with van der Waals surface area (Å²) < 4.78 is 0. The number of halogens is 1. The van der Waals surface area contributed by atoms with E-state index in [1.54, 1.807) is 23.1 Å². The van der Waals surface area contributed by atoms with E-state index in [4.69, 9.17) is 16.4 Å². The standard InChI is InChI=1S/C23H22ClN5O3/c1-28-8-10-29(11-9-28)19(30)13-32-27-21-15-4-2-3-5-17(15)25-22(21)20-16-12-14(24)6-7-18(16)26-23(20)31/h2-7,12,25H,8-11,13H2,1H3,(H,26,31)/b22-20-,27-21+. The molecule has 2 N–H and O–H groups in total. The van der Waals surface area contributed by atoms with Crippen molar-refractivity contribution in [2.24, 2.45) is 5.16 Å². The number of nitrogens with one attached hydrogen (secondary N) is 2. The van der Waals surface area contributed by atoms with E-state index in [-0.39, 0.29) is 18.4 Å². The predicted molar refractivity (Wildman–Crippen MR) is 124 cm³/mol. The first-order valence-corrected chi connectivity index (χ1v) is 10.8. The molecule has 2 aromatic rings. The Balaban J connectivity index is 1.45. The lowest BCUT2D eigenvalue weighted by molar-refractivity contribution is -0.137. The number of hydrogen-bond acceptors (Lipinski definition) is 6. The van der Waals surface area contributed by atoms with Crippen LogP contribution in [0.15, 0.2) is 53.3 Å². The van der Waals surface area contributed by atoms with Crippen molar-refractivity contribution in [3.63, 3.8) is 0 Å². The Morgan fingerprint density at radius 1 is 1.06 bits per heavy atom. The molecule has 5 rings (SSSR count). The molecular weight excluding hydrogens is 430 g/mol. The molecule has 0 atom stereocenters. The molecule has 0 spiro atoms. The third-order valence-corrected chi connectivity index (χ3v) is 6.09. The van der Waals surface area contributed by atoms with E-state index in [0.29, 0.717) is 46.3 Å². The van der Waals surface area contributed by atoms with Crippen LogP contribution in [0.25, 0.3) is 5.57 Å². The Kier molecular flexibility index (Phi) is 5.32. The van der Waals surface area contributed by atoms with Gasteiger partial charge in [0.05, 0.1) is 11.3 Å². The fraction of sp³-hybridized carbons (Fsp3) is 0.261. The van der Waals surface area contributed by atoms with E-state index in [2.05, 4.69) is 20.7 Å². The van der Waals surface area contributed by atoms with Crippen LogP contribution >= 0.6 is 11.6 Å². The van der Waals surface area contributed by atoms with Gasteiger partial charge in [0.2, 0.25) is 0 Å². The van der Waals surface area contributed by atoms with E-state index >= 15 is 0 Å². The summed E-state index contributed by atoms with van der Waals surface area (Å²) in [6, 6.07) is 12.8. The number of anilines is 2. The third-order valence-electron chi connectivity index (χ3n) is 5.85. The van der Waals surface area contributed by atoms with Crippen LogP contribution < -0.4 is 10.6 Å². The maximum Gasteiger partial charge on any atom is 0.263 e. The highest BCUT2D eigenvalue weighted by Crippen LogP contribution is 2.40. The monoisotopic (exact) mass is 451 g/mol. The maximum absolute atomic E-state index is 12.8. The average Bonchev–Trinajstić information content (AvgIpc) is 3.30. The third kappa shape index (κ3) is 3.72. The van der Waals surface area contributed by atoms with Crippen molar-refractivity contribution in [2.45, 2.75) is 0 Å². The van der Waals surface area contributed by atoms with Crippen molar-refractivity contribution in [2.75, 3.05) is 50.5 Å². The molecule has 0 unspecified atom stereocenters. The second kappa shape index (κ2) is 8.29. The van der Waals surface area contributed by atoms with Crippen LogP contribution in [0.2, 0.25) is 5.02 Å². The second-order valence-corrected chi connectivity index (χ2v) is 8.40. The molecule has 9 heteroatoms. The molecule has 3 heterocycles. The first-order valence-electron chi connectivity index (χ1n) is 10.4. The number of carbonyl (C=O) groups excluding carboxylic acids is 2. The van der Waals surface area contributed by atoms with Gasteiger partial charge in [0.25, 0.3) is 11.8 Å². The first-order chi connectivity index (χ1) is 15.5. The zero-order valence-electron chi connectivity index (χ0n) is 17.5. The number of nitrogens with zero attached hydrogens (tertiary/aromatic N) is 3. The highest BCUT2D eigenvalue weighted by Gasteiger charge is 2.34.